The zero-order chi connectivity index (χ0) is 14.9. The van der Waals surface area contributed by atoms with Crippen molar-refractivity contribution in [2.45, 2.75) is 16.8 Å². The van der Waals surface area contributed by atoms with Gasteiger partial charge in [0.25, 0.3) is 0 Å². The third-order valence-electron chi connectivity index (χ3n) is 3.19. The monoisotopic (exact) mass is 299 g/mol. The number of aryl methyl sites for hydroxylation is 1. The number of benzene rings is 2. The SMILES string of the molecule is Cc1ccccc1-c1nc(S(=O)(=O)c2ccccc2)co1. The summed E-state index contributed by atoms with van der Waals surface area (Å²) in [7, 11) is -3.64. The third kappa shape index (κ3) is 2.48. The lowest BCUT2D eigenvalue weighted by atomic mass is 10.1. The first-order valence-electron chi connectivity index (χ1n) is 6.41. The highest BCUT2D eigenvalue weighted by molar-refractivity contribution is 7.91. The molecular formula is C16H13NO3S. The largest absolute Gasteiger partial charge is 0.443 e. The number of aromatic nitrogens is 1. The van der Waals surface area contributed by atoms with Crippen LogP contribution < -0.4 is 0 Å². The van der Waals surface area contributed by atoms with Crippen LogP contribution in [0, 0.1) is 6.92 Å². The van der Waals surface area contributed by atoms with Crippen LogP contribution in [0.3, 0.4) is 0 Å². The molecule has 2 aromatic carbocycles. The van der Waals surface area contributed by atoms with Gasteiger partial charge in [-0.2, -0.15) is 4.98 Å². The molecule has 21 heavy (non-hydrogen) atoms. The third-order valence-corrected chi connectivity index (χ3v) is 4.82. The summed E-state index contributed by atoms with van der Waals surface area (Å²) in [6, 6.07) is 15.7. The minimum absolute atomic E-state index is 0.0769. The number of sulfone groups is 1. The molecule has 3 rings (SSSR count). The Hall–Kier alpha value is -2.40. The molecule has 0 unspecified atom stereocenters. The van der Waals surface area contributed by atoms with E-state index in [9.17, 15) is 8.42 Å². The van der Waals surface area contributed by atoms with Gasteiger partial charge in [0.2, 0.25) is 15.7 Å². The van der Waals surface area contributed by atoms with Crippen molar-refractivity contribution in [3.63, 3.8) is 0 Å². The quantitative estimate of drug-likeness (QED) is 0.743. The normalized spacial score (nSPS) is 11.5. The Labute approximate surface area is 123 Å². The molecule has 5 heteroatoms. The Morgan fingerprint density at radius 2 is 1.62 bits per heavy atom. The second-order valence-electron chi connectivity index (χ2n) is 4.62. The molecule has 0 atom stereocenters. The van der Waals surface area contributed by atoms with Crippen molar-refractivity contribution in [2.75, 3.05) is 0 Å². The van der Waals surface area contributed by atoms with Crippen molar-refractivity contribution >= 4 is 9.84 Å². The van der Waals surface area contributed by atoms with Crippen molar-refractivity contribution in [1.82, 2.24) is 4.98 Å². The fraction of sp³-hybridized carbons (Fsp3) is 0.0625. The van der Waals surface area contributed by atoms with Crippen molar-refractivity contribution in [2.24, 2.45) is 0 Å². The second-order valence-corrected chi connectivity index (χ2v) is 6.52. The Kier molecular flexibility index (Phi) is 3.35. The highest BCUT2D eigenvalue weighted by Gasteiger charge is 2.22. The summed E-state index contributed by atoms with van der Waals surface area (Å²) in [5.41, 5.74) is 1.76. The number of nitrogens with zero attached hydrogens (tertiary/aromatic N) is 1. The van der Waals surface area contributed by atoms with E-state index in [0.717, 1.165) is 11.1 Å². The average Bonchev–Trinajstić information content (AvgIpc) is 2.99. The fourth-order valence-corrected chi connectivity index (χ4v) is 3.17. The Balaban J connectivity index is 2.05. The van der Waals surface area contributed by atoms with Gasteiger partial charge in [-0.25, -0.2) is 8.42 Å². The second kappa shape index (κ2) is 5.18. The molecule has 0 amide bonds. The van der Waals surface area contributed by atoms with Gasteiger partial charge in [0.05, 0.1) is 4.90 Å². The number of hydrogen-bond donors (Lipinski definition) is 0. The Bertz CT molecular complexity index is 867. The topological polar surface area (TPSA) is 60.2 Å². The van der Waals surface area contributed by atoms with E-state index in [4.69, 9.17) is 4.42 Å². The molecule has 0 aliphatic rings. The zero-order valence-corrected chi connectivity index (χ0v) is 12.2. The molecule has 0 saturated heterocycles. The van der Waals surface area contributed by atoms with E-state index in [2.05, 4.69) is 4.98 Å². The fourth-order valence-electron chi connectivity index (χ4n) is 2.04. The summed E-state index contributed by atoms with van der Waals surface area (Å²) in [5.74, 6) is 0.308. The zero-order valence-electron chi connectivity index (χ0n) is 11.4. The first kappa shape index (κ1) is 13.6. The van der Waals surface area contributed by atoms with Gasteiger partial charge < -0.3 is 4.42 Å². The van der Waals surface area contributed by atoms with Crippen LogP contribution in [-0.2, 0) is 9.84 Å². The summed E-state index contributed by atoms with van der Waals surface area (Å²) in [4.78, 5) is 4.34. The summed E-state index contributed by atoms with van der Waals surface area (Å²) in [6.07, 6.45) is 1.18. The summed E-state index contributed by atoms with van der Waals surface area (Å²) >= 11 is 0. The highest BCUT2D eigenvalue weighted by atomic mass is 32.2. The minimum atomic E-state index is -3.64. The maximum atomic E-state index is 12.4. The van der Waals surface area contributed by atoms with E-state index in [1.165, 1.54) is 18.4 Å². The van der Waals surface area contributed by atoms with Crippen LogP contribution >= 0.6 is 0 Å². The molecule has 4 nitrogen and oxygen atoms in total. The number of rotatable bonds is 3. The Morgan fingerprint density at radius 1 is 0.952 bits per heavy atom. The number of oxazole rings is 1. The molecule has 0 bridgehead atoms. The summed E-state index contributed by atoms with van der Waals surface area (Å²) in [5, 5.41) is -0.0769. The maximum Gasteiger partial charge on any atom is 0.227 e. The maximum absolute atomic E-state index is 12.4. The van der Waals surface area contributed by atoms with Crippen LogP contribution in [0.15, 0.2) is 75.2 Å². The average molecular weight is 299 g/mol. The Morgan fingerprint density at radius 3 is 2.33 bits per heavy atom. The van der Waals surface area contributed by atoms with Gasteiger partial charge in [0, 0.05) is 5.56 Å². The molecule has 0 saturated carbocycles. The lowest BCUT2D eigenvalue weighted by molar-refractivity contribution is 0.566. The van der Waals surface area contributed by atoms with Gasteiger partial charge in [-0.1, -0.05) is 36.4 Å². The minimum Gasteiger partial charge on any atom is -0.443 e. The van der Waals surface area contributed by atoms with Crippen molar-refractivity contribution < 1.29 is 12.8 Å². The molecule has 106 valence electrons. The van der Waals surface area contributed by atoms with Gasteiger partial charge in [-0.15, -0.1) is 0 Å². The lowest BCUT2D eigenvalue weighted by Gasteiger charge is -2.00. The van der Waals surface area contributed by atoms with E-state index in [0.29, 0.717) is 5.89 Å². The van der Waals surface area contributed by atoms with Crippen LogP contribution in [0.25, 0.3) is 11.5 Å². The van der Waals surface area contributed by atoms with E-state index < -0.39 is 9.84 Å². The van der Waals surface area contributed by atoms with E-state index in [1.54, 1.807) is 18.2 Å². The van der Waals surface area contributed by atoms with Crippen molar-refractivity contribution in [3.05, 3.63) is 66.4 Å². The molecule has 1 aromatic heterocycles. The van der Waals surface area contributed by atoms with E-state index in [-0.39, 0.29) is 9.92 Å². The predicted octanol–water partition coefficient (Wildman–Crippen LogP) is 3.48. The molecule has 0 radical (unpaired) electrons. The highest BCUT2D eigenvalue weighted by Crippen LogP contribution is 2.26. The molecule has 0 aliphatic heterocycles. The molecule has 0 spiro atoms. The van der Waals surface area contributed by atoms with Crippen LogP contribution in [-0.4, -0.2) is 13.4 Å². The smallest absolute Gasteiger partial charge is 0.227 e. The van der Waals surface area contributed by atoms with Gasteiger partial charge >= 0.3 is 0 Å². The summed E-state index contributed by atoms with van der Waals surface area (Å²) < 4.78 is 30.2. The molecule has 1 heterocycles. The lowest BCUT2D eigenvalue weighted by Crippen LogP contribution is -2.02. The number of hydrogen-bond acceptors (Lipinski definition) is 4. The molecule has 3 aromatic rings. The van der Waals surface area contributed by atoms with Crippen LogP contribution in [0.2, 0.25) is 0 Å². The molecule has 0 fully saturated rings. The molecular weight excluding hydrogens is 286 g/mol. The first-order valence-corrected chi connectivity index (χ1v) is 7.89. The van der Waals surface area contributed by atoms with Crippen LogP contribution in [0.4, 0.5) is 0 Å². The van der Waals surface area contributed by atoms with Gasteiger partial charge in [0.15, 0.2) is 5.03 Å². The van der Waals surface area contributed by atoms with Crippen LogP contribution in [0.1, 0.15) is 5.56 Å². The van der Waals surface area contributed by atoms with Crippen molar-refractivity contribution in [3.8, 4) is 11.5 Å². The van der Waals surface area contributed by atoms with Gasteiger partial charge in [-0.3, -0.25) is 0 Å². The van der Waals surface area contributed by atoms with E-state index >= 15 is 0 Å². The van der Waals surface area contributed by atoms with E-state index in [1.807, 2.05) is 31.2 Å². The standard InChI is InChI=1S/C16H13NO3S/c1-12-7-5-6-10-14(12)16-17-15(11-20-16)21(18,19)13-8-3-2-4-9-13/h2-11H,1H3. The predicted molar refractivity (Wildman–Crippen MR) is 78.6 cm³/mol. The van der Waals surface area contributed by atoms with Gasteiger partial charge in [0.1, 0.15) is 6.26 Å². The van der Waals surface area contributed by atoms with Gasteiger partial charge in [-0.05, 0) is 30.7 Å². The molecule has 0 aliphatic carbocycles. The van der Waals surface area contributed by atoms with Crippen molar-refractivity contribution in [1.29, 1.82) is 0 Å². The van der Waals surface area contributed by atoms with Crippen LogP contribution in [0.5, 0.6) is 0 Å². The molecule has 0 N–H and O–H groups in total. The first-order chi connectivity index (χ1) is 10.1. The summed E-state index contributed by atoms with van der Waals surface area (Å²) in [6.45, 7) is 1.92.